The van der Waals surface area contributed by atoms with Gasteiger partial charge in [-0.05, 0) is 35.4 Å². The molecule has 0 aliphatic rings. The minimum absolute atomic E-state index is 0.0990. The zero-order valence-corrected chi connectivity index (χ0v) is 10.9. The quantitative estimate of drug-likeness (QED) is 0.918. The Morgan fingerprint density at radius 3 is 1.94 bits per heavy atom. The van der Waals surface area contributed by atoms with Crippen LogP contribution in [0.4, 0.5) is 0 Å². The summed E-state index contributed by atoms with van der Waals surface area (Å²) in [5.74, 6) is 1.17. The number of ether oxygens (including phenoxy) is 2. The molecule has 0 saturated carbocycles. The van der Waals surface area contributed by atoms with E-state index in [9.17, 15) is 5.11 Å². The molecule has 0 atom stereocenters. The van der Waals surface area contributed by atoms with Crippen LogP contribution >= 0.6 is 11.6 Å². The van der Waals surface area contributed by atoms with E-state index < -0.39 is 0 Å². The molecule has 2 aromatic rings. The Morgan fingerprint density at radius 2 is 1.44 bits per heavy atom. The third kappa shape index (κ3) is 2.36. The van der Waals surface area contributed by atoms with Crippen molar-refractivity contribution in [1.29, 1.82) is 0 Å². The lowest BCUT2D eigenvalue weighted by atomic mass is 10.1. The molecule has 0 unspecified atom stereocenters. The second-order valence-electron chi connectivity index (χ2n) is 3.74. The molecule has 18 heavy (non-hydrogen) atoms. The van der Waals surface area contributed by atoms with Crippen molar-refractivity contribution in [2.45, 2.75) is 0 Å². The highest BCUT2D eigenvalue weighted by atomic mass is 35.5. The Kier molecular flexibility index (Phi) is 3.63. The van der Waals surface area contributed by atoms with Gasteiger partial charge in [-0.2, -0.15) is 0 Å². The van der Waals surface area contributed by atoms with Gasteiger partial charge in [0.1, 0.15) is 5.75 Å². The number of phenolic OH excluding ortho intramolecular Hbond substituents is 1. The van der Waals surface area contributed by atoms with E-state index in [1.54, 1.807) is 31.4 Å². The predicted molar refractivity (Wildman–Crippen MR) is 71.7 cm³/mol. The Bertz CT molecular complexity index is 515. The first-order valence-corrected chi connectivity index (χ1v) is 5.74. The van der Waals surface area contributed by atoms with Gasteiger partial charge in [-0.3, -0.25) is 0 Å². The van der Waals surface area contributed by atoms with Crippen LogP contribution in [0, 0.1) is 0 Å². The number of hydrogen-bond acceptors (Lipinski definition) is 3. The molecule has 94 valence electrons. The van der Waals surface area contributed by atoms with Crippen LogP contribution in [0.25, 0.3) is 11.1 Å². The first-order chi connectivity index (χ1) is 8.65. The van der Waals surface area contributed by atoms with Crippen LogP contribution in [0.15, 0.2) is 36.4 Å². The Hall–Kier alpha value is -1.87. The zero-order valence-electron chi connectivity index (χ0n) is 10.1. The Morgan fingerprint density at radius 1 is 0.889 bits per heavy atom. The van der Waals surface area contributed by atoms with Crippen LogP contribution in [-0.4, -0.2) is 19.3 Å². The molecule has 0 amide bonds. The molecule has 0 aliphatic heterocycles. The van der Waals surface area contributed by atoms with E-state index in [4.69, 9.17) is 21.1 Å². The van der Waals surface area contributed by atoms with Gasteiger partial charge in [0.25, 0.3) is 0 Å². The molecule has 3 nitrogen and oxygen atoms in total. The van der Waals surface area contributed by atoms with Crippen molar-refractivity contribution < 1.29 is 14.6 Å². The van der Waals surface area contributed by atoms with Crippen LogP contribution in [-0.2, 0) is 0 Å². The van der Waals surface area contributed by atoms with Gasteiger partial charge >= 0.3 is 0 Å². The summed E-state index contributed by atoms with van der Waals surface area (Å²) in [5, 5.41) is 10.3. The fourth-order valence-electron chi connectivity index (χ4n) is 1.72. The molecule has 0 spiro atoms. The number of hydrogen-bond donors (Lipinski definition) is 1. The summed E-state index contributed by atoms with van der Waals surface area (Å²) in [4.78, 5) is 0. The number of methoxy groups -OCH3 is 2. The van der Waals surface area contributed by atoms with Crippen LogP contribution in [0.2, 0.25) is 5.02 Å². The second-order valence-corrected chi connectivity index (χ2v) is 4.14. The van der Waals surface area contributed by atoms with Crippen LogP contribution < -0.4 is 9.47 Å². The Labute approximate surface area is 111 Å². The highest BCUT2D eigenvalue weighted by molar-refractivity contribution is 6.32. The maximum absolute atomic E-state index is 9.74. The van der Waals surface area contributed by atoms with E-state index in [1.165, 1.54) is 7.11 Å². The fraction of sp³-hybridized carbons (Fsp3) is 0.143. The molecular weight excluding hydrogens is 252 g/mol. The minimum Gasteiger partial charge on any atom is -0.504 e. The van der Waals surface area contributed by atoms with Crippen LogP contribution in [0.1, 0.15) is 0 Å². The molecule has 2 aromatic carbocycles. The van der Waals surface area contributed by atoms with E-state index in [-0.39, 0.29) is 5.75 Å². The maximum atomic E-state index is 9.74. The lowest BCUT2D eigenvalue weighted by molar-refractivity contribution is 0.373. The highest BCUT2D eigenvalue weighted by Gasteiger charge is 2.07. The van der Waals surface area contributed by atoms with E-state index in [0.717, 1.165) is 11.1 Å². The number of phenols is 1. The molecule has 0 aliphatic carbocycles. The Balaban J connectivity index is 2.42. The third-order valence-corrected chi connectivity index (χ3v) is 2.96. The smallest absolute Gasteiger partial charge is 0.160 e. The predicted octanol–water partition coefficient (Wildman–Crippen LogP) is 3.73. The molecule has 0 heterocycles. The van der Waals surface area contributed by atoms with E-state index >= 15 is 0 Å². The summed E-state index contributed by atoms with van der Waals surface area (Å²) < 4.78 is 10.1. The van der Waals surface area contributed by atoms with Crippen molar-refractivity contribution in [3.05, 3.63) is 41.4 Å². The minimum atomic E-state index is 0.0990. The van der Waals surface area contributed by atoms with Crippen molar-refractivity contribution in [2.75, 3.05) is 14.2 Å². The van der Waals surface area contributed by atoms with Gasteiger partial charge in [-0.25, -0.2) is 0 Å². The molecule has 0 fully saturated rings. The first-order valence-electron chi connectivity index (χ1n) is 5.36. The molecule has 2 rings (SSSR count). The van der Waals surface area contributed by atoms with Crippen LogP contribution in [0.5, 0.6) is 17.2 Å². The van der Waals surface area contributed by atoms with Gasteiger partial charge in [0.05, 0.1) is 19.2 Å². The van der Waals surface area contributed by atoms with Crippen molar-refractivity contribution in [2.24, 2.45) is 0 Å². The first kappa shape index (κ1) is 12.6. The van der Waals surface area contributed by atoms with E-state index in [2.05, 4.69) is 0 Å². The topological polar surface area (TPSA) is 38.7 Å². The fourth-order valence-corrected chi connectivity index (χ4v) is 1.97. The molecule has 0 bridgehead atoms. The van der Waals surface area contributed by atoms with Crippen molar-refractivity contribution in [3.63, 3.8) is 0 Å². The SMILES string of the molecule is COc1ccc(-c2ccc(OC)c(Cl)c2)cc1O. The monoisotopic (exact) mass is 264 g/mol. The number of halogens is 1. The largest absolute Gasteiger partial charge is 0.504 e. The highest BCUT2D eigenvalue weighted by Crippen LogP contribution is 2.34. The average molecular weight is 265 g/mol. The van der Waals surface area contributed by atoms with Crippen molar-refractivity contribution in [3.8, 4) is 28.4 Å². The second kappa shape index (κ2) is 5.19. The summed E-state index contributed by atoms with van der Waals surface area (Å²) in [6.07, 6.45) is 0. The van der Waals surface area contributed by atoms with Crippen molar-refractivity contribution in [1.82, 2.24) is 0 Å². The summed E-state index contributed by atoms with van der Waals surface area (Å²) in [5.41, 5.74) is 1.76. The summed E-state index contributed by atoms with van der Waals surface area (Å²) >= 11 is 6.07. The number of rotatable bonds is 3. The van der Waals surface area contributed by atoms with E-state index in [1.807, 2.05) is 12.1 Å². The van der Waals surface area contributed by atoms with Gasteiger partial charge < -0.3 is 14.6 Å². The van der Waals surface area contributed by atoms with Gasteiger partial charge in [0, 0.05) is 0 Å². The zero-order chi connectivity index (χ0) is 13.1. The third-order valence-electron chi connectivity index (χ3n) is 2.66. The van der Waals surface area contributed by atoms with Crippen molar-refractivity contribution >= 4 is 11.6 Å². The lowest BCUT2D eigenvalue weighted by Crippen LogP contribution is -1.86. The van der Waals surface area contributed by atoms with Gasteiger partial charge in [0.2, 0.25) is 0 Å². The van der Waals surface area contributed by atoms with E-state index in [0.29, 0.717) is 16.5 Å². The molecule has 0 aromatic heterocycles. The summed E-state index contributed by atoms with van der Waals surface area (Å²) in [6, 6.07) is 10.7. The molecule has 4 heteroatoms. The summed E-state index contributed by atoms with van der Waals surface area (Å²) in [6.45, 7) is 0. The number of benzene rings is 2. The molecule has 0 saturated heterocycles. The molecular formula is C14H13ClO3. The number of aromatic hydroxyl groups is 1. The maximum Gasteiger partial charge on any atom is 0.160 e. The molecule has 1 N–H and O–H groups in total. The standard InChI is InChI=1S/C14H13ClO3/c1-17-13-5-3-9(7-11(13)15)10-4-6-14(18-2)12(16)8-10/h3-8,16H,1-2H3. The van der Waals surface area contributed by atoms with Gasteiger partial charge in [0.15, 0.2) is 11.5 Å². The van der Waals surface area contributed by atoms with Gasteiger partial charge in [-0.15, -0.1) is 0 Å². The van der Waals surface area contributed by atoms with Gasteiger partial charge in [-0.1, -0.05) is 23.7 Å². The molecule has 0 radical (unpaired) electrons. The average Bonchev–Trinajstić information content (AvgIpc) is 2.38. The lowest BCUT2D eigenvalue weighted by Gasteiger charge is -2.08. The summed E-state index contributed by atoms with van der Waals surface area (Å²) in [7, 11) is 3.08. The normalized spacial score (nSPS) is 10.2. The van der Waals surface area contributed by atoms with Crippen LogP contribution in [0.3, 0.4) is 0 Å².